The van der Waals surface area contributed by atoms with Crippen LogP contribution < -0.4 is 5.32 Å². The van der Waals surface area contributed by atoms with Crippen LogP contribution >= 0.6 is 0 Å². The van der Waals surface area contributed by atoms with Crippen LogP contribution in [0.2, 0.25) is 0 Å². The number of nitrogens with zero attached hydrogens (tertiary/aromatic N) is 1. The number of benzene rings is 2. The van der Waals surface area contributed by atoms with Crippen LogP contribution in [0.3, 0.4) is 0 Å². The Morgan fingerprint density at radius 1 is 1.04 bits per heavy atom. The van der Waals surface area contributed by atoms with Gasteiger partial charge in [-0.1, -0.05) is 61.0 Å². The number of hydrogen-bond acceptors (Lipinski definition) is 2. The van der Waals surface area contributed by atoms with E-state index in [0.717, 1.165) is 28.7 Å². The number of rotatable bonds is 9. The highest BCUT2D eigenvalue weighted by atomic mass is 16.2. The molecule has 1 atom stereocenters. The molecule has 0 aliphatic heterocycles. The van der Waals surface area contributed by atoms with Crippen LogP contribution in [0, 0.1) is 13.8 Å². The van der Waals surface area contributed by atoms with Gasteiger partial charge >= 0.3 is 0 Å². The van der Waals surface area contributed by atoms with Gasteiger partial charge in [0, 0.05) is 13.1 Å². The minimum absolute atomic E-state index is 0.00253. The summed E-state index contributed by atoms with van der Waals surface area (Å²) in [5.41, 5.74) is 4.44. The molecule has 0 aliphatic carbocycles. The fraction of sp³-hybridized carbons (Fsp3) is 0.417. The van der Waals surface area contributed by atoms with Crippen molar-refractivity contribution in [2.24, 2.45) is 0 Å². The minimum atomic E-state index is -0.443. The summed E-state index contributed by atoms with van der Waals surface area (Å²) in [5.74, 6) is -0.0740. The third-order valence-electron chi connectivity index (χ3n) is 5.07. The van der Waals surface area contributed by atoms with Gasteiger partial charge in [0.1, 0.15) is 6.04 Å². The van der Waals surface area contributed by atoms with E-state index in [-0.39, 0.29) is 11.8 Å². The standard InChI is InChI=1S/C24H32N2O2/c1-5-22(24(28)25-6-2)26(15-14-20-10-8-7-9-11-20)23(27)17-21-16-18(3)12-13-19(21)4/h7-13,16,22H,5-6,14-15,17H2,1-4H3,(H,25,28)/t22-/m0/s1. The van der Waals surface area contributed by atoms with Gasteiger partial charge in [-0.05, 0) is 50.3 Å². The van der Waals surface area contributed by atoms with Crippen LogP contribution in [0.1, 0.15) is 42.5 Å². The highest BCUT2D eigenvalue weighted by Gasteiger charge is 2.28. The molecule has 4 heteroatoms. The van der Waals surface area contributed by atoms with Crippen LogP contribution in [0.4, 0.5) is 0 Å². The van der Waals surface area contributed by atoms with E-state index in [1.807, 2.05) is 52.0 Å². The Bertz CT molecular complexity index is 786. The highest BCUT2D eigenvalue weighted by molar-refractivity contribution is 5.88. The largest absolute Gasteiger partial charge is 0.355 e. The zero-order valence-corrected chi connectivity index (χ0v) is 17.5. The second-order valence-electron chi connectivity index (χ2n) is 7.25. The van der Waals surface area contributed by atoms with Crippen molar-refractivity contribution in [1.29, 1.82) is 0 Å². The van der Waals surface area contributed by atoms with Crippen molar-refractivity contribution in [2.45, 2.75) is 53.0 Å². The second kappa shape index (κ2) is 10.6. The molecule has 2 rings (SSSR count). The van der Waals surface area contributed by atoms with Crippen molar-refractivity contribution in [3.8, 4) is 0 Å². The smallest absolute Gasteiger partial charge is 0.242 e. The molecule has 0 bridgehead atoms. The Morgan fingerprint density at radius 3 is 2.39 bits per heavy atom. The molecule has 0 heterocycles. The van der Waals surface area contributed by atoms with Crippen molar-refractivity contribution < 1.29 is 9.59 Å². The molecule has 0 unspecified atom stereocenters. The first-order chi connectivity index (χ1) is 13.5. The van der Waals surface area contributed by atoms with E-state index in [0.29, 0.717) is 25.9 Å². The lowest BCUT2D eigenvalue weighted by Crippen LogP contribution is -2.50. The first-order valence-corrected chi connectivity index (χ1v) is 10.1. The molecule has 0 aliphatic rings. The molecule has 0 saturated carbocycles. The number of nitrogens with one attached hydrogen (secondary N) is 1. The Labute approximate surface area is 169 Å². The Hall–Kier alpha value is -2.62. The Kier molecular flexibility index (Phi) is 8.24. The predicted octanol–water partition coefficient (Wildman–Crippen LogP) is 3.83. The van der Waals surface area contributed by atoms with Gasteiger partial charge < -0.3 is 10.2 Å². The average molecular weight is 381 g/mol. The number of aryl methyl sites for hydroxylation is 2. The van der Waals surface area contributed by atoms with E-state index >= 15 is 0 Å². The van der Waals surface area contributed by atoms with Gasteiger partial charge in [0.25, 0.3) is 0 Å². The van der Waals surface area contributed by atoms with Crippen molar-refractivity contribution in [1.82, 2.24) is 10.2 Å². The molecule has 2 amide bonds. The summed E-state index contributed by atoms with van der Waals surface area (Å²) in [6.07, 6.45) is 1.65. The number of carbonyl (C=O) groups excluding carboxylic acids is 2. The number of hydrogen-bond donors (Lipinski definition) is 1. The fourth-order valence-electron chi connectivity index (χ4n) is 3.44. The maximum atomic E-state index is 13.3. The number of likely N-dealkylation sites (N-methyl/N-ethyl adjacent to an activating group) is 1. The lowest BCUT2D eigenvalue weighted by atomic mass is 10.0. The molecule has 2 aromatic rings. The third-order valence-corrected chi connectivity index (χ3v) is 5.07. The molecule has 0 radical (unpaired) electrons. The molecule has 28 heavy (non-hydrogen) atoms. The molecule has 0 aromatic heterocycles. The second-order valence-corrected chi connectivity index (χ2v) is 7.25. The third kappa shape index (κ3) is 5.95. The van der Waals surface area contributed by atoms with E-state index in [2.05, 4.69) is 29.6 Å². The van der Waals surface area contributed by atoms with Crippen LogP contribution in [-0.4, -0.2) is 35.8 Å². The molecule has 0 saturated heterocycles. The predicted molar refractivity (Wildman–Crippen MR) is 114 cm³/mol. The Morgan fingerprint density at radius 2 is 1.75 bits per heavy atom. The van der Waals surface area contributed by atoms with Crippen LogP contribution in [-0.2, 0) is 22.4 Å². The zero-order valence-electron chi connectivity index (χ0n) is 17.5. The van der Waals surface area contributed by atoms with Gasteiger partial charge in [-0.25, -0.2) is 0 Å². The summed E-state index contributed by atoms with van der Waals surface area (Å²) in [5, 5.41) is 2.88. The van der Waals surface area contributed by atoms with Crippen molar-refractivity contribution in [3.63, 3.8) is 0 Å². The quantitative estimate of drug-likeness (QED) is 0.719. The van der Waals surface area contributed by atoms with Gasteiger partial charge in [0.15, 0.2) is 0 Å². The molecule has 0 fully saturated rings. The summed E-state index contributed by atoms with van der Waals surface area (Å²) < 4.78 is 0. The summed E-state index contributed by atoms with van der Waals surface area (Å²) in [6, 6.07) is 15.8. The topological polar surface area (TPSA) is 49.4 Å². The maximum Gasteiger partial charge on any atom is 0.242 e. The van der Waals surface area contributed by atoms with E-state index in [9.17, 15) is 9.59 Å². The van der Waals surface area contributed by atoms with Crippen LogP contribution in [0.25, 0.3) is 0 Å². The number of amides is 2. The van der Waals surface area contributed by atoms with Gasteiger partial charge in [-0.15, -0.1) is 0 Å². The van der Waals surface area contributed by atoms with E-state index in [4.69, 9.17) is 0 Å². The summed E-state index contributed by atoms with van der Waals surface area (Å²) in [6.45, 7) is 9.01. The molecule has 2 aromatic carbocycles. The summed E-state index contributed by atoms with van der Waals surface area (Å²) in [4.78, 5) is 27.6. The lowest BCUT2D eigenvalue weighted by Gasteiger charge is -2.31. The monoisotopic (exact) mass is 380 g/mol. The first-order valence-electron chi connectivity index (χ1n) is 10.1. The molecular formula is C24H32N2O2. The molecule has 0 spiro atoms. The van der Waals surface area contributed by atoms with E-state index in [1.165, 1.54) is 0 Å². The average Bonchev–Trinajstić information content (AvgIpc) is 2.68. The SMILES string of the molecule is CCNC(=O)[C@H](CC)N(CCc1ccccc1)C(=O)Cc1cc(C)ccc1C. The maximum absolute atomic E-state index is 13.3. The van der Waals surface area contributed by atoms with Gasteiger partial charge in [0.2, 0.25) is 11.8 Å². The summed E-state index contributed by atoms with van der Waals surface area (Å²) >= 11 is 0. The van der Waals surface area contributed by atoms with Crippen molar-refractivity contribution in [3.05, 3.63) is 70.8 Å². The van der Waals surface area contributed by atoms with Crippen molar-refractivity contribution in [2.75, 3.05) is 13.1 Å². The highest BCUT2D eigenvalue weighted by Crippen LogP contribution is 2.16. The van der Waals surface area contributed by atoms with Crippen molar-refractivity contribution >= 4 is 11.8 Å². The number of carbonyl (C=O) groups is 2. The Balaban J connectivity index is 2.23. The minimum Gasteiger partial charge on any atom is -0.355 e. The lowest BCUT2D eigenvalue weighted by molar-refractivity contribution is -0.140. The van der Waals surface area contributed by atoms with Gasteiger partial charge in [-0.3, -0.25) is 9.59 Å². The van der Waals surface area contributed by atoms with Crippen LogP contribution in [0.5, 0.6) is 0 Å². The van der Waals surface area contributed by atoms with Crippen LogP contribution in [0.15, 0.2) is 48.5 Å². The van der Waals surface area contributed by atoms with E-state index in [1.54, 1.807) is 4.90 Å². The zero-order chi connectivity index (χ0) is 20.5. The first kappa shape index (κ1) is 21.7. The molecule has 4 nitrogen and oxygen atoms in total. The summed E-state index contributed by atoms with van der Waals surface area (Å²) in [7, 11) is 0. The molecule has 1 N–H and O–H groups in total. The molecule has 150 valence electrons. The molecular weight excluding hydrogens is 348 g/mol. The fourth-order valence-corrected chi connectivity index (χ4v) is 3.44. The van der Waals surface area contributed by atoms with Gasteiger partial charge in [-0.2, -0.15) is 0 Å². The van der Waals surface area contributed by atoms with E-state index < -0.39 is 6.04 Å². The normalized spacial score (nSPS) is 11.7. The van der Waals surface area contributed by atoms with Gasteiger partial charge in [0.05, 0.1) is 6.42 Å².